The second-order valence-electron chi connectivity index (χ2n) is 3.06. The molecule has 0 aliphatic carbocycles. The van der Waals surface area contributed by atoms with E-state index >= 15 is 0 Å². The van der Waals surface area contributed by atoms with Crippen LogP contribution in [0.1, 0.15) is 5.56 Å². The number of fused-ring (bicyclic) bond motifs is 1. The summed E-state index contributed by atoms with van der Waals surface area (Å²) in [7, 11) is 0. The molecule has 0 aliphatic heterocycles. The fraction of sp³-hybridized carbons (Fsp3) is 0.0909. The second kappa shape index (κ2) is 4.09. The number of hydrogen-bond acceptors (Lipinski definition) is 1. The average molecular weight is 262 g/mol. The highest BCUT2D eigenvalue weighted by atomic mass is 35.6. The van der Waals surface area contributed by atoms with E-state index in [0.717, 1.165) is 16.5 Å². The predicted octanol–water partition coefficient (Wildman–Crippen LogP) is 4.82. The third-order valence-electron chi connectivity index (χ3n) is 1.96. The Kier molecular flexibility index (Phi) is 2.96. The van der Waals surface area contributed by atoms with Gasteiger partial charge in [-0.1, -0.05) is 59.1 Å². The lowest BCUT2D eigenvalue weighted by Gasteiger charge is -2.01. The smallest absolute Gasteiger partial charge is 0.209 e. The fourth-order valence-electron chi connectivity index (χ4n) is 1.31. The molecule has 1 nitrogen and oxygen atoms in total. The van der Waals surface area contributed by atoms with E-state index in [1.807, 2.05) is 24.3 Å². The molecule has 0 saturated carbocycles. The Morgan fingerprint density at radius 3 is 2.60 bits per heavy atom. The minimum absolute atomic E-state index is 0.821. The number of hydrogen-bond donors (Lipinski definition) is 0. The number of allylic oxidation sites excluding steroid dienone is 1. The molecule has 1 aromatic carbocycles. The quantitative estimate of drug-likeness (QED) is 0.671. The van der Waals surface area contributed by atoms with E-state index in [4.69, 9.17) is 39.2 Å². The number of halogens is 3. The summed E-state index contributed by atoms with van der Waals surface area (Å²) in [5.74, 6) is 0. The maximum Gasteiger partial charge on any atom is 0.209 e. The van der Waals surface area contributed by atoms with E-state index in [1.165, 1.54) is 6.08 Å². The summed E-state index contributed by atoms with van der Waals surface area (Å²) in [5, 5.41) is 1.00. The normalized spacial score (nSPS) is 12.7. The topological polar surface area (TPSA) is 13.1 Å². The van der Waals surface area contributed by atoms with Crippen molar-refractivity contribution in [3.63, 3.8) is 0 Å². The first kappa shape index (κ1) is 10.9. The van der Waals surface area contributed by atoms with Crippen LogP contribution in [-0.4, -0.2) is 3.79 Å². The van der Waals surface area contributed by atoms with Crippen molar-refractivity contribution >= 4 is 51.8 Å². The molecular weight excluding hydrogens is 254 g/mol. The zero-order valence-corrected chi connectivity index (χ0v) is 9.85. The molecule has 0 aliphatic rings. The maximum atomic E-state index is 5.61. The van der Waals surface area contributed by atoms with Crippen molar-refractivity contribution in [3.8, 4) is 0 Å². The monoisotopic (exact) mass is 260 g/mol. The highest BCUT2D eigenvalue weighted by Gasteiger charge is 2.14. The van der Waals surface area contributed by atoms with Crippen LogP contribution in [0.25, 0.3) is 17.0 Å². The lowest BCUT2D eigenvalue weighted by molar-refractivity contribution is 0.615. The molecule has 2 aromatic rings. The predicted molar refractivity (Wildman–Crippen MR) is 65.5 cm³/mol. The van der Waals surface area contributed by atoms with Crippen molar-refractivity contribution in [1.29, 1.82) is 0 Å². The summed E-state index contributed by atoms with van der Waals surface area (Å²) in [6, 6.07) is 7.69. The zero-order chi connectivity index (χ0) is 10.9. The molecule has 1 aromatic heterocycles. The van der Waals surface area contributed by atoms with Crippen LogP contribution >= 0.6 is 34.8 Å². The van der Waals surface area contributed by atoms with Gasteiger partial charge in [0.25, 0.3) is 0 Å². The molecule has 0 atom stereocenters. The molecule has 0 amide bonds. The Morgan fingerprint density at radius 2 is 1.87 bits per heavy atom. The van der Waals surface area contributed by atoms with E-state index in [9.17, 15) is 0 Å². The molecule has 0 spiro atoms. The van der Waals surface area contributed by atoms with Gasteiger partial charge < -0.3 is 4.42 Å². The number of alkyl halides is 3. The summed E-state index contributed by atoms with van der Waals surface area (Å²) in [6.07, 6.45) is 4.87. The molecule has 0 unspecified atom stereocenters. The lowest BCUT2D eigenvalue weighted by atomic mass is 10.2. The van der Waals surface area contributed by atoms with Gasteiger partial charge >= 0.3 is 0 Å². The molecule has 0 fully saturated rings. The second-order valence-corrected chi connectivity index (χ2v) is 5.43. The van der Waals surface area contributed by atoms with Gasteiger partial charge in [-0.15, -0.1) is 0 Å². The molecule has 2 rings (SSSR count). The molecule has 78 valence electrons. The van der Waals surface area contributed by atoms with Crippen LogP contribution in [0.2, 0.25) is 0 Å². The van der Waals surface area contributed by atoms with E-state index < -0.39 is 3.79 Å². The van der Waals surface area contributed by atoms with Gasteiger partial charge in [0, 0.05) is 10.9 Å². The third kappa shape index (κ3) is 2.69. The Balaban J connectivity index is 2.41. The Labute approximate surface area is 102 Å². The van der Waals surface area contributed by atoms with Crippen LogP contribution in [0.3, 0.4) is 0 Å². The first-order chi connectivity index (χ1) is 7.06. The van der Waals surface area contributed by atoms with Crippen molar-refractivity contribution in [1.82, 2.24) is 0 Å². The van der Waals surface area contributed by atoms with Gasteiger partial charge in [0.2, 0.25) is 3.79 Å². The molecule has 0 saturated heterocycles. The van der Waals surface area contributed by atoms with Crippen molar-refractivity contribution in [2.24, 2.45) is 0 Å². The molecule has 15 heavy (non-hydrogen) atoms. The Hall–Kier alpha value is -0.630. The first-order valence-electron chi connectivity index (χ1n) is 4.28. The van der Waals surface area contributed by atoms with Crippen molar-refractivity contribution in [2.45, 2.75) is 3.79 Å². The van der Waals surface area contributed by atoms with E-state index in [1.54, 1.807) is 12.3 Å². The van der Waals surface area contributed by atoms with Crippen LogP contribution in [-0.2, 0) is 0 Å². The maximum absolute atomic E-state index is 5.61. The van der Waals surface area contributed by atoms with Gasteiger partial charge in [-0.2, -0.15) is 0 Å². The SMILES string of the molecule is ClC(Cl)(Cl)C=Cc1coc2ccccc12. The van der Waals surface area contributed by atoms with Crippen molar-refractivity contribution in [3.05, 3.63) is 42.2 Å². The standard InChI is InChI=1S/C11H7Cl3O/c12-11(13,14)6-5-8-7-15-10-4-2-1-3-9(8)10/h1-7H. The minimum atomic E-state index is -1.38. The van der Waals surface area contributed by atoms with Gasteiger partial charge in [-0.05, 0) is 12.1 Å². The third-order valence-corrected chi connectivity index (χ3v) is 2.34. The molecule has 0 bridgehead atoms. The number of rotatable bonds is 1. The lowest BCUT2D eigenvalue weighted by Crippen LogP contribution is -1.93. The van der Waals surface area contributed by atoms with Gasteiger partial charge in [0.05, 0.1) is 6.26 Å². The van der Waals surface area contributed by atoms with Crippen LogP contribution in [0.15, 0.2) is 41.0 Å². The van der Waals surface area contributed by atoms with Gasteiger partial charge in [-0.25, -0.2) is 0 Å². The Morgan fingerprint density at radius 1 is 1.13 bits per heavy atom. The molecule has 4 heteroatoms. The largest absolute Gasteiger partial charge is 0.464 e. The van der Waals surface area contributed by atoms with Crippen LogP contribution < -0.4 is 0 Å². The molecule has 0 radical (unpaired) electrons. The fourth-order valence-corrected chi connectivity index (χ4v) is 1.50. The van der Waals surface area contributed by atoms with Gasteiger partial charge in [0.15, 0.2) is 0 Å². The van der Waals surface area contributed by atoms with Crippen molar-refractivity contribution in [2.75, 3.05) is 0 Å². The van der Waals surface area contributed by atoms with Gasteiger partial charge in [-0.3, -0.25) is 0 Å². The summed E-state index contributed by atoms with van der Waals surface area (Å²) < 4.78 is 3.96. The van der Waals surface area contributed by atoms with E-state index in [0.29, 0.717) is 0 Å². The summed E-state index contributed by atoms with van der Waals surface area (Å²) in [6.45, 7) is 0. The van der Waals surface area contributed by atoms with Crippen LogP contribution in [0.4, 0.5) is 0 Å². The number of benzene rings is 1. The minimum Gasteiger partial charge on any atom is -0.464 e. The van der Waals surface area contributed by atoms with Crippen LogP contribution in [0, 0.1) is 0 Å². The van der Waals surface area contributed by atoms with Gasteiger partial charge in [0.1, 0.15) is 5.58 Å². The molecular formula is C11H7Cl3O. The van der Waals surface area contributed by atoms with Crippen molar-refractivity contribution < 1.29 is 4.42 Å². The summed E-state index contributed by atoms with van der Waals surface area (Å²) >= 11 is 16.8. The van der Waals surface area contributed by atoms with E-state index in [-0.39, 0.29) is 0 Å². The van der Waals surface area contributed by atoms with Crippen LogP contribution in [0.5, 0.6) is 0 Å². The number of para-hydroxylation sites is 1. The van der Waals surface area contributed by atoms with E-state index in [2.05, 4.69) is 0 Å². The molecule has 0 N–H and O–H groups in total. The first-order valence-corrected chi connectivity index (χ1v) is 5.42. The zero-order valence-electron chi connectivity index (χ0n) is 7.58. The summed E-state index contributed by atoms with van der Waals surface area (Å²) in [4.78, 5) is 0. The number of furan rings is 1. The highest BCUT2D eigenvalue weighted by molar-refractivity contribution is 6.69. The summed E-state index contributed by atoms with van der Waals surface area (Å²) in [5.41, 5.74) is 1.72. The molecule has 1 heterocycles. The highest BCUT2D eigenvalue weighted by Crippen LogP contribution is 2.30. The Bertz CT molecular complexity index is 494. The average Bonchev–Trinajstić information content (AvgIpc) is 2.57.